The minimum atomic E-state index is 0.462. The van der Waals surface area contributed by atoms with Crippen molar-refractivity contribution in [2.24, 2.45) is 5.41 Å². The molecule has 0 saturated carbocycles. The molecule has 0 radical (unpaired) electrons. The van der Waals surface area contributed by atoms with Crippen molar-refractivity contribution in [3.8, 4) is 0 Å². The molecule has 0 spiro atoms. The molecule has 0 aromatic carbocycles. The van der Waals surface area contributed by atoms with Crippen LogP contribution in [0.25, 0.3) is 0 Å². The quantitative estimate of drug-likeness (QED) is 0.341. The van der Waals surface area contributed by atoms with Gasteiger partial charge in [0.15, 0.2) is 0 Å². The van der Waals surface area contributed by atoms with Gasteiger partial charge in [0.05, 0.1) is 0 Å². The zero-order valence-corrected chi connectivity index (χ0v) is 13.5. The largest absolute Gasteiger partial charge is 0.0922 e. The molecule has 0 aliphatic carbocycles. The molecule has 0 unspecified atom stereocenters. The number of halogens is 2. The first-order chi connectivity index (χ1) is 7.18. The molecule has 92 valence electrons. The second kappa shape index (κ2) is 10.1. The zero-order valence-electron chi connectivity index (χ0n) is 10.3. The Morgan fingerprint density at radius 1 is 0.800 bits per heavy atom. The van der Waals surface area contributed by atoms with Crippen LogP contribution in [0.1, 0.15) is 65.2 Å². The van der Waals surface area contributed by atoms with Gasteiger partial charge in [0.1, 0.15) is 0 Å². The first kappa shape index (κ1) is 16.0. The highest BCUT2D eigenvalue weighted by atomic mass is 79.9. The number of hydrogen-bond acceptors (Lipinski definition) is 0. The fourth-order valence-corrected chi connectivity index (χ4v) is 3.17. The molecular weight excluding hydrogens is 316 g/mol. The van der Waals surface area contributed by atoms with Gasteiger partial charge in [0.25, 0.3) is 0 Å². The summed E-state index contributed by atoms with van der Waals surface area (Å²) < 4.78 is 0. The summed E-state index contributed by atoms with van der Waals surface area (Å²) in [5.41, 5.74) is 0.462. The van der Waals surface area contributed by atoms with E-state index < -0.39 is 0 Å². The summed E-state index contributed by atoms with van der Waals surface area (Å²) >= 11 is 7.21. The molecule has 0 nitrogen and oxygen atoms in total. The summed E-state index contributed by atoms with van der Waals surface area (Å²) in [5, 5.41) is 2.22. The third kappa shape index (κ3) is 8.74. The molecule has 0 amide bonds. The van der Waals surface area contributed by atoms with Crippen LogP contribution >= 0.6 is 31.9 Å². The summed E-state index contributed by atoms with van der Waals surface area (Å²) in [6.07, 6.45) is 11.2. The van der Waals surface area contributed by atoms with E-state index in [0.717, 1.165) is 10.7 Å². The van der Waals surface area contributed by atoms with Gasteiger partial charge in [-0.3, -0.25) is 0 Å². The molecule has 0 atom stereocenters. The van der Waals surface area contributed by atoms with Gasteiger partial charge < -0.3 is 0 Å². The number of alkyl halides is 2. The van der Waals surface area contributed by atoms with Crippen LogP contribution in [0.15, 0.2) is 0 Å². The van der Waals surface area contributed by atoms with Crippen LogP contribution in [0.3, 0.4) is 0 Å². The maximum absolute atomic E-state index is 3.61. The van der Waals surface area contributed by atoms with E-state index >= 15 is 0 Å². The molecule has 0 aromatic heterocycles. The summed E-state index contributed by atoms with van der Waals surface area (Å²) in [6, 6.07) is 0. The predicted octanol–water partition coefficient (Wildman–Crippen LogP) is 5.92. The summed E-state index contributed by atoms with van der Waals surface area (Å²) in [6.45, 7) is 4.63. The van der Waals surface area contributed by atoms with Gasteiger partial charge in [-0.05, 0) is 11.8 Å². The van der Waals surface area contributed by atoms with Crippen LogP contribution < -0.4 is 0 Å². The lowest BCUT2D eigenvalue weighted by atomic mass is 9.89. The first-order valence-corrected chi connectivity index (χ1v) is 8.55. The van der Waals surface area contributed by atoms with Crippen LogP contribution in [0.2, 0.25) is 0 Å². The highest BCUT2D eigenvalue weighted by Crippen LogP contribution is 2.29. The number of unbranched alkanes of at least 4 members (excludes halogenated alkanes) is 6. The minimum absolute atomic E-state index is 0.462. The molecule has 0 bridgehead atoms. The molecule has 2 heteroatoms. The molecule has 0 aliphatic rings. The average Bonchev–Trinajstić information content (AvgIpc) is 2.27. The average molecular weight is 342 g/mol. The van der Waals surface area contributed by atoms with Crippen molar-refractivity contribution < 1.29 is 0 Å². The smallest absolute Gasteiger partial charge is 0.00933 e. The molecule has 0 rings (SSSR count). The molecule has 0 aliphatic heterocycles. The second-order valence-corrected chi connectivity index (χ2v) is 6.07. The Labute approximate surface area is 113 Å². The zero-order chi connectivity index (χ0) is 11.6. The van der Waals surface area contributed by atoms with E-state index in [-0.39, 0.29) is 0 Å². The van der Waals surface area contributed by atoms with Crippen LogP contribution in [0, 0.1) is 5.41 Å². The van der Waals surface area contributed by atoms with Crippen molar-refractivity contribution in [1.82, 2.24) is 0 Å². The molecule has 15 heavy (non-hydrogen) atoms. The lowest BCUT2D eigenvalue weighted by Gasteiger charge is -2.24. The van der Waals surface area contributed by atoms with E-state index in [1.807, 2.05) is 0 Å². The molecule has 0 heterocycles. The lowest BCUT2D eigenvalue weighted by Crippen LogP contribution is -2.19. The molecular formula is C13H26Br2. The number of hydrogen-bond donors (Lipinski definition) is 0. The van der Waals surface area contributed by atoms with Crippen LogP contribution in [-0.4, -0.2) is 10.7 Å². The van der Waals surface area contributed by atoms with Crippen molar-refractivity contribution in [2.75, 3.05) is 10.7 Å². The highest BCUT2D eigenvalue weighted by Gasteiger charge is 2.20. The van der Waals surface area contributed by atoms with Gasteiger partial charge in [-0.2, -0.15) is 0 Å². The standard InChI is InChI=1S/C13H26Br2/c1-3-4-5-6-7-8-9-10-13(2,11-14)12-15/h3-12H2,1-2H3. The third-order valence-electron chi connectivity index (χ3n) is 3.03. The van der Waals surface area contributed by atoms with E-state index in [2.05, 4.69) is 45.7 Å². The second-order valence-electron chi connectivity index (χ2n) is 4.95. The monoisotopic (exact) mass is 340 g/mol. The van der Waals surface area contributed by atoms with E-state index in [4.69, 9.17) is 0 Å². The number of rotatable bonds is 10. The van der Waals surface area contributed by atoms with E-state index in [0.29, 0.717) is 5.41 Å². The molecule has 0 aromatic rings. The maximum Gasteiger partial charge on any atom is 0.00933 e. The van der Waals surface area contributed by atoms with Gasteiger partial charge in [-0.25, -0.2) is 0 Å². The first-order valence-electron chi connectivity index (χ1n) is 6.30. The minimum Gasteiger partial charge on any atom is -0.0922 e. The topological polar surface area (TPSA) is 0 Å². The van der Waals surface area contributed by atoms with Gasteiger partial charge in [0.2, 0.25) is 0 Å². The van der Waals surface area contributed by atoms with Crippen molar-refractivity contribution >= 4 is 31.9 Å². The summed E-state index contributed by atoms with van der Waals surface area (Å²) in [4.78, 5) is 0. The van der Waals surface area contributed by atoms with E-state index in [1.54, 1.807) is 0 Å². The van der Waals surface area contributed by atoms with Gasteiger partial charge in [-0.1, -0.05) is 90.7 Å². The molecule has 0 saturated heterocycles. The van der Waals surface area contributed by atoms with Gasteiger partial charge in [0, 0.05) is 10.7 Å². The molecule has 0 N–H and O–H groups in total. The fraction of sp³-hybridized carbons (Fsp3) is 1.00. The van der Waals surface area contributed by atoms with Crippen molar-refractivity contribution in [2.45, 2.75) is 65.2 Å². The van der Waals surface area contributed by atoms with E-state index in [9.17, 15) is 0 Å². The van der Waals surface area contributed by atoms with E-state index in [1.165, 1.54) is 51.4 Å². The fourth-order valence-electron chi connectivity index (χ4n) is 1.68. The van der Waals surface area contributed by atoms with Crippen molar-refractivity contribution in [3.63, 3.8) is 0 Å². The Morgan fingerprint density at radius 2 is 1.27 bits per heavy atom. The Hall–Kier alpha value is 0.960. The highest BCUT2D eigenvalue weighted by molar-refractivity contribution is 9.09. The third-order valence-corrected chi connectivity index (χ3v) is 5.74. The Morgan fingerprint density at radius 3 is 1.73 bits per heavy atom. The Balaban J connectivity index is 3.29. The van der Waals surface area contributed by atoms with Gasteiger partial charge >= 0.3 is 0 Å². The van der Waals surface area contributed by atoms with Crippen molar-refractivity contribution in [3.05, 3.63) is 0 Å². The maximum atomic E-state index is 3.61. The Bertz CT molecular complexity index is 130. The molecule has 0 fully saturated rings. The van der Waals surface area contributed by atoms with Crippen LogP contribution in [-0.2, 0) is 0 Å². The van der Waals surface area contributed by atoms with Crippen LogP contribution in [0.5, 0.6) is 0 Å². The normalized spacial score (nSPS) is 12.0. The van der Waals surface area contributed by atoms with Crippen molar-refractivity contribution in [1.29, 1.82) is 0 Å². The van der Waals surface area contributed by atoms with Gasteiger partial charge in [-0.15, -0.1) is 0 Å². The summed E-state index contributed by atoms with van der Waals surface area (Å²) in [7, 11) is 0. The summed E-state index contributed by atoms with van der Waals surface area (Å²) in [5.74, 6) is 0. The lowest BCUT2D eigenvalue weighted by molar-refractivity contribution is 0.378. The SMILES string of the molecule is CCCCCCCCCC(C)(CBr)CBr. The van der Waals surface area contributed by atoms with Crippen LogP contribution in [0.4, 0.5) is 0 Å². The predicted molar refractivity (Wildman–Crippen MR) is 78.3 cm³/mol. The Kier molecular flexibility index (Phi) is 10.8.